The maximum Gasteiger partial charge on any atom is 0.184 e. The molecule has 0 atom stereocenters. The minimum atomic E-state index is -1.42. The summed E-state index contributed by atoms with van der Waals surface area (Å²) in [6, 6.07) is 7.81. The molecule has 1 aromatic rings. The zero-order valence-corrected chi connectivity index (χ0v) is 10.1. The van der Waals surface area contributed by atoms with Gasteiger partial charge >= 0.3 is 0 Å². The van der Waals surface area contributed by atoms with Crippen molar-refractivity contribution >= 4 is 19.9 Å². The van der Waals surface area contributed by atoms with E-state index in [0.717, 1.165) is 10.6 Å². The lowest BCUT2D eigenvalue weighted by molar-refractivity contribution is 0.299. The summed E-state index contributed by atoms with van der Waals surface area (Å²) in [6.45, 7) is 7.15. The molecule has 0 aliphatic heterocycles. The van der Waals surface area contributed by atoms with Crippen LogP contribution in [0.5, 0.6) is 0 Å². The molecule has 0 bridgehead atoms. The fraction of sp³-hybridized carbons (Fsp3) is 0.400. The predicted molar refractivity (Wildman–Crippen MR) is 59.6 cm³/mol. The fourth-order valence-electron chi connectivity index (χ4n) is 0.910. The molecule has 0 spiro atoms. The molecule has 0 saturated heterocycles. The van der Waals surface area contributed by atoms with Gasteiger partial charge in [0.1, 0.15) is 0 Å². The van der Waals surface area contributed by atoms with Gasteiger partial charge in [-0.1, -0.05) is 29.8 Å². The Labute approximate surface area is 85.8 Å². The summed E-state index contributed by atoms with van der Waals surface area (Å²) in [5.74, 6) is 0. The van der Waals surface area contributed by atoms with Crippen LogP contribution in [0.15, 0.2) is 24.3 Å². The highest BCUT2D eigenvalue weighted by Crippen LogP contribution is 2.17. The van der Waals surface area contributed by atoms with Crippen LogP contribution >= 0.6 is 11.6 Å². The molecule has 0 unspecified atom stereocenters. The molecule has 0 radical (unpaired) electrons. The van der Waals surface area contributed by atoms with Crippen molar-refractivity contribution in [3.05, 3.63) is 34.9 Å². The van der Waals surface area contributed by atoms with Crippen LogP contribution in [-0.2, 0) is 11.0 Å². The maximum absolute atomic E-state index is 5.99. The molecule has 72 valence electrons. The standard InChI is InChI=1S/C10H15ClOSi/c1-13(2,3)12-8-9-6-4-5-7-10(9)11/h4-7H,8H2,1-3H3. The van der Waals surface area contributed by atoms with E-state index in [-0.39, 0.29) is 0 Å². The molecule has 0 saturated carbocycles. The van der Waals surface area contributed by atoms with Gasteiger partial charge in [0.15, 0.2) is 8.32 Å². The molecule has 0 heterocycles. The Morgan fingerprint density at radius 1 is 1.23 bits per heavy atom. The third-order valence-corrected chi connectivity index (χ3v) is 3.00. The van der Waals surface area contributed by atoms with E-state index in [2.05, 4.69) is 19.6 Å². The highest BCUT2D eigenvalue weighted by Gasteiger charge is 2.14. The first-order valence-corrected chi connectivity index (χ1v) is 8.15. The van der Waals surface area contributed by atoms with E-state index in [1.54, 1.807) is 0 Å². The van der Waals surface area contributed by atoms with E-state index in [0.29, 0.717) is 6.61 Å². The lowest BCUT2D eigenvalue weighted by atomic mass is 10.2. The highest BCUT2D eigenvalue weighted by atomic mass is 35.5. The summed E-state index contributed by atoms with van der Waals surface area (Å²) in [6.07, 6.45) is 0. The van der Waals surface area contributed by atoms with Crippen LogP contribution < -0.4 is 0 Å². The number of halogens is 1. The third-order valence-electron chi connectivity index (χ3n) is 1.62. The molecule has 3 heteroatoms. The summed E-state index contributed by atoms with van der Waals surface area (Å²) in [4.78, 5) is 0. The van der Waals surface area contributed by atoms with Gasteiger partial charge in [-0.15, -0.1) is 0 Å². The Hall–Kier alpha value is -0.313. The molecule has 13 heavy (non-hydrogen) atoms. The zero-order valence-electron chi connectivity index (χ0n) is 8.30. The Morgan fingerprint density at radius 3 is 2.38 bits per heavy atom. The molecule has 1 nitrogen and oxygen atoms in total. The molecular weight excluding hydrogens is 200 g/mol. The molecule has 0 aliphatic rings. The van der Waals surface area contributed by atoms with E-state index in [1.165, 1.54) is 0 Å². The summed E-state index contributed by atoms with van der Waals surface area (Å²) in [5.41, 5.74) is 1.08. The lowest BCUT2D eigenvalue weighted by Gasteiger charge is -2.17. The first-order chi connectivity index (χ1) is 5.99. The minimum Gasteiger partial charge on any atom is -0.413 e. The zero-order chi connectivity index (χ0) is 9.90. The highest BCUT2D eigenvalue weighted by molar-refractivity contribution is 6.69. The van der Waals surface area contributed by atoms with Crippen LogP contribution in [0.25, 0.3) is 0 Å². The van der Waals surface area contributed by atoms with Gasteiger partial charge in [-0.2, -0.15) is 0 Å². The van der Waals surface area contributed by atoms with Gasteiger partial charge < -0.3 is 4.43 Å². The van der Waals surface area contributed by atoms with E-state index in [4.69, 9.17) is 16.0 Å². The van der Waals surface area contributed by atoms with Crippen LogP contribution in [0.2, 0.25) is 24.7 Å². The predicted octanol–water partition coefficient (Wildman–Crippen LogP) is 3.69. The molecule has 0 N–H and O–H groups in total. The number of rotatable bonds is 3. The normalized spacial score (nSPS) is 11.7. The Bertz CT molecular complexity index is 280. The summed E-state index contributed by atoms with van der Waals surface area (Å²) in [7, 11) is -1.42. The maximum atomic E-state index is 5.99. The van der Waals surface area contributed by atoms with Crippen molar-refractivity contribution in [2.75, 3.05) is 0 Å². The molecular formula is C10H15ClOSi. The second kappa shape index (κ2) is 4.27. The molecule has 0 amide bonds. The number of benzene rings is 1. The molecule has 0 aromatic heterocycles. The van der Waals surface area contributed by atoms with Crippen LogP contribution in [0.4, 0.5) is 0 Å². The van der Waals surface area contributed by atoms with E-state index in [9.17, 15) is 0 Å². The van der Waals surface area contributed by atoms with Gasteiger partial charge in [0.05, 0.1) is 6.61 Å². The smallest absolute Gasteiger partial charge is 0.184 e. The molecule has 1 aromatic carbocycles. The average Bonchev–Trinajstić information content (AvgIpc) is 2.01. The lowest BCUT2D eigenvalue weighted by Crippen LogP contribution is -2.24. The number of hydrogen-bond donors (Lipinski definition) is 0. The second-order valence-corrected chi connectivity index (χ2v) is 8.91. The van der Waals surface area contributed by atoms with Crippen LogP contribution in [-0.4, -0.2) is 8.32 Å². The Kier molecular flexibility index (Phi) is 3.53. The average molecular weight is 215 g/mol. The van der Waals surface area contributed by atoms with Gasteiger partial charge in [-0.3, -0.25) is 0 Å². The quantitative estimate of drug-likeness (QED) is 0.698. The third kappa shape index (κ3) is 3.94. The van der Waals surface area contributed by atoms with Crippen LogP contribution in [0.3, 0.4) is 0 Å². The summed E-state index contributed by atoms with van der Waals surface area (Å²) in [5, 5.41) is 0.792. The van der Waals surface area contributed by atoms with Crippen molar-refractivity contribution in [2.24, 2.45) is 0 Å². The molecule has 1 rings (SSSR count). The second-order valence-electron chi connectivity index (χ2n) is 3.99. The van der Waals surface area contributed by atoms with Gasteiger partial charge in [-0.25, -0.2) is 0 Å². The summed E-state index contributed by atoms with van der Waals surface area (Å²) >= 11 is 5.99. The van der Waals surface area contributed by atoms with Crippen molar-refractivity contribution in [1.82, 2.24) is 0 Å². The van der Waals surface area contributed by atoms with Crippen LogP contribution in [0.1, 0.15) is 5.56 Å². The van der Waals surface area contributed by atoms with Crippen molar-refractivity contribution in [2.45, 2.75) is 26.2 Å². The number of hydrogen-bond acceptors (Lipinski definition) is 1. The first-order valence-electron chi connectivity index (χ1n) is 4.36. The Balaban J connectivity index is 2.60. The fourth-order valence-corrected chi connectivity index (χ4v) is 1.69. The topological polar surface area (TPSA) is 9.23 Å². The summed E-state index contributed by atoms with van der Waals surface area (Å²) < 4.78 is 5.75. The Morgan fingerprint density at radius 2 is 1.85 bits per heavy atom. The molecule has 0 fully saturated rings. The van der Waals surface area contributed by atoms with E-state index >= 15 is 0 Å². The van der Waals surface area contributed by atoms with E-state index < -0.39 is 8.32 Å². The van der Waals surface area contributed by atoms with Crippen molar-refractivity contribution in [1.29, 1.82) is 0 Å². The first kappa shape index (κ1) is 10.8. The van der Waals surface area contributed by atoms with Gasteiger partial charge in [0.25, 0.3) is 0 Å². The van der Waals surface area contributed by atoms with E-state index in [1.807, 2.05) is 24.3 Å². The van der Waals surface area contributed by atoms with Gasteiger partial charge in [-0.05, 0) is 31.3 Å². The van der Waals surface area contributed by atoms with Crippen molar-refractivity contribution in [3.63, 3.8) is 0 Å². The van der Waals surface area contributed by atoms with Crippen molar-refractivity contribution < 1.29 is 4.43 Å². The van der Waals surface area contributed by atoms with Gasteiger partial charge in [0.2, 0.25) is 0 Å². The molecule has 0 aliphatic carbocycles. The van der Waals surface area contributed by atoms with Crippen molar-refractivity contribution in [3.8, 4) is 0 Å². The minimum absolute atomic E-state index is 0.634. The van der Waals surface area contributed by atoms with Crippen LogP contribution in [0, 0.1) is 0 Å². The van der Waals surface area contributed by atoms with Gasteiger partial charge in [0, 0.05) is 5.02 Å². The SMILES string of the molecule is C[Si](C)(C)OCc1ccccc1Cl. The monoisotopic (exact) mass is 214 g/mol. The largest absolute Gasteiger partial charge is 0.413 e.